The number of carbonyl (C=O) groups is 1. The summed E-state index contributed by atoms with van der Waals surface area (Å²) in [4.78, 5) is 20.7. The van der Waals surface area contributed by atoms with E-state index in [9.17, 15) is 4.79 Å². The Bertz CT molecular complexity index is 426. The molecule has 1 saturated carbocycles. The Hall–Kier alpha value is -0.570. The lowest BCUT2D eigenvalue weighted by atomic mass is 9.94. The quantitative estimate of drug-likeness (QED) is 0.231. The van der Waals surface area contributed by atoms with Crippen LogP contribution in [0.1, 0.15) is 58.3 Å². The highest BCUT2D eigenvalue weighted by atomic mass is 127. The molecule has 0 unspecified atom stereocenters. The third kappa shape index (κ3) is 8.41. The molecule has 2 aliphatic rings. The topological polar surface area (TPSA) is 60.0 Å². The van der Waals surface area contributed by atoms with Crippen LogP contribution >= 0.6 is 24.0 Å². The number of nitrogens with zero attached hydrogens (tertiary/aromatic N) is 3. The average Bonchev–Trinajstić information content (AvgIpc) is 3.04. The second-order valence-electron chi connectivity index (χ2n) is 7.30. The Balaban J connectivity index is 0.00000338. The van der Waals surface area contributed by atoms with Crippen LogP contribution in [-0.4, -0.2) is 74.0 Å². The van der Waals surface area contributed by atoms with Gasteiger partial charge in [-0.05, 0) is 39.7 Å². The van der Waals surface area contributed by atoms with Crippen molar-refractivity contribution in [1.82, 2.24) is 20.4 Å². The van der Waals surface area contributed by atoms with Crippen LogP contribution in [0.2, 0.25) is 0 Å². The molecule has 0 spiro atoms. The molecule has 0 radical (unpaired) electrons. The van der Waals surface area contributed by atoms with E-state index in [-0.39, 0.29) is 24.0 Å². The van der Waals surface area contributed by atoms with Crippen LogP contribution in [0.5, 0.6) is 0 Å². The third-order valence-electron chi connectivity index (χ3n) is 5.33. The molecule has 0 aromatic heterocycles. The molecule has 1 amide bonds. The number of aliphatic imine (C=N–C) groups is 1. The molecule has 1 saturated heterocycles. The zero-order valence-corrected chi connectivity index (χ0v) is 19.0. The zero-order chi connectivity index (χ0) is 17.9. The first-order valence-corrected chi connectivity index (χ1v) is 10.2. The Morgan fingerprint density at radius 1 is 1.23 bits per heavy atom. The van der Waals surface area contributed by atoms with Gasteiger partial charge in [0.25, 0.3) is 0 Å². The van der Waals surface area contributed by atoms with Gasteiger partial charge in [0.15, 0.2) is 5.96 Å². The maximum atomic E-state index is 11.6. The first-order valence-electron chi connectivity index (χ1n) is 10.2. The minimum absolute atomic E-state index is 0. The number of likely N-dealkylation sites (N-methyl/N-ethyl adjacent to an activating group) is 1. The monoisotopic (exact) mass is 479 g/mol. The Kier molecular flexibility index (Phi) is 12.3. The molecule has 1 aliphatic carbocycles. The largest absolute Gasteiger partial charge is 0.357 e. The second-order valence-corrected chi connectivity index (χ2v) is 7.30. The van der Waals surface area contributed by atoms with Gasteiger partial charge >= 0.3 is 0 Å². The molecule has 26 heavy (non-hydrogen) atoms. The summed E-state index contributed by atoms with van der Waals surface area (Å²) in [5.74, 6) is 1.20. The molecule has 0 aromatic carbocycles. The molecule has 1 heterocycles. The van der Waals surface area contributed by atoms with E-state index in [2.05, 4.69) is 34.5 Å². The molecular weight excluding hydrogens is 441 g/mol. The summed E-state index contributed by atoms with van der Waals surface area (Å²) in [7, 11) is 2.24. The molecule has 2 fully saturated rings. The molecule has 7 heteroatoms. The van der Waals surface area contributed by atoms with E-state index < -0.39 is 0 Å². The molecule has 0 aromatic rings. The number of guanidine groups is 1. The van der Waals surface area contributed by atoms with Crippen LogP contribution in [0, 0.1) is 0 Å². The number of carbonyl (C=O) groups excluding carboxylic acids is 1. The van der Waals surface area contributed by atoms with E-state index in [0.29, 0.717) is 5.91 Å². The minimum Gasteiger partial charge on any atom is -0.357 e. The fourth-order valence-corrected chi connectivity index (χ4v) is 3.79. The van der Waals surface area contributed by atoms with Crippen LogP contribution in [0.25, 0.3) is 0 Å². The molecule has 2 rings (SSSR count). The highest BCUT2D eigenvalue weighted by Crippen LogP contribution is 2.21. The average molecular weight is 479 g/mol. The van der Waals surface area contributed by atoms with Gasteiger partial charge in [-0.25, -0.2) is 0 Å². The summed E-state index contributed by atoms with van der Waals surface area (Å²) in [5.41, 5.74) is 0. The van der Waals surface area contributed by atoms with Crippen LogP contribution in [-0.2, 0) is 4.79 Å². The van der Waals surface area contributed by atoms with Gasteiger partial charge in [0.05, 0.1) is 0 Å². The van der Waals surface area contributed by atoms with Gasteiger partial charge in [-0.1, -0.05) is 19.3 Å². The first kappa shape index (κ1) is 23.5. The number of nitrogens with one attached hydrogen (secondary N) is 2. The first-order chi connectivity index (χ1) is 12.2. The summed E-state index contributed by atoms with van der Waals surface area (Å²) >= 11 is 0. The fourth-order valence-electron chi connectivity index (χ4n) is 3.79. The van der Waals surface area contributed by atoms with Crippen LogP contribution in [0.15, 0.2) is 4.99 Å². The van der Waals surface area contributed by atoms with Gasteiger partial charge in [-0.15, -0.1) is 24.0 Å². The lowest BCUT2D eigenvalue weighted by Gasteiger charge is -2.31. The summed E-state index contributed by atoms with van der Waals surface area (Å²) in [5, 5.41) is 6.76. The Morgan fingerprint density at radius 2 is 2.00 bits per heavy atom. The minimum atomic E-state index is 0. The Morgan fingerprint density at radius 3 is 2.65 bits per heavy atom. The lowest BCUT2D eigenvalue weighted by Crippen LogP contribution is -2.43. The summed E-state index contributed by atoms with van der Waals surface area (Å²) in [6, 6.07) is 0.757. The molecule has 1 aliphatic heterocycles. The normalized spacial score (nSPS) is 19.0. The van der Waals surface area contributed by atoms with Crippen molar-refractivity contribution < 1.29 is 4.79 Å². The predicted octanol–water partition coefficient (Wildman–Crippen LogP) is 2.44. The molecule has 2 N–H and O–H groups in total. The van der Waals surface area contributed by atoms with Crippen LogP contribution in [0.3, 0.4) is 0 Å². The van der Waals surface area contributed by atoms with Crippen molar-refractivity contribution in [2.75, 3.05) is 46.3 Å². The van der Waals surface area contributed by atoms with Gasteiger partial charge in [-0.2, -0.15) is 0 Å². The highest BCUT2D eigenvalue weighted by Gasteiger charge is 2.19. The number of likely N-dealkylation sites (tertiary alicyclic amines) is 1. The standard InChI is InChI=1S/C19H37N5O.HI/c1-3-20-19(21-12-8-15-24-14-7-11-18(24)25)22-13-16-23(2)17-9-5-4-6-10-17;/h17H,3-16H2,1-2H3,(H2,20,21,22);1H. The van der Waals surface area contributed by atoms with Crippen LogP contribution in [0.4, 0.5) is 0 Å². The van der Waals surface area contributed by atoms with Gasteiger partial charge in [0, 0.05) is 51.7 Å². The number of hydrogen-bond donors (Lipinski definition) is 2. The SMILES string of the molecule is CCNC(=NCCCN1CCCC1=O)NCCN(C)C1CCCCC1.I. The third-order valence-corrected chi connectivity index (χ3v) is 5.33. The molecule has 0 bridgehead atoms. The maximum absolute atomic E-state index is 11.6. The number of halogens is 1. The van der Waals surface area contributed by atoms with Crippen molar-refractivity contribution in [3.63, 3.8) is 0 Å². The van der Waals surface area contributed by atoms with Crippen LogP contribution < -0.4 is 10.6 Å². The van der Waals surface area contributed by atoms with Gasteiger partial charge < -0.3 is 20.4 Å². The number of rotatable bonds is 9. The zero-order valence-electron chi connectivity index (χ0n) is 16.6. The smallest absolute Gasteiger partial charge is 0.222 e. The van der Waals surface area contributed by atoms with Crippen molar-refractivity contribution in [2.24, 2.45) is 4.99 Å². The predicted molar refractivity (Wildman–Crippen MR) is 119 cm³/mol. The Labute approximate surface area is 176 Å². The molecule has 152 valence electrons. The fraction of sp³-hybridized carbons (Fsp3) is 0.895. The van der Waals surface area contributed by atoms with E-state index in [0.717, 1.165) is 70.5 Å². The van der Waals surface area contributed by atoms with E-state index >= 15 is 0 Å². The van der Waals surface area contributed by atoms with E-state index in [1.54, 1.807) is 0 Å². The van der Waals surface area contributed by atoms with Crippen molar-refractivity contribution in [3.05, 3.63) is 0 Å². The molecule has 6 nitrogen and oxygen atoms in total. The maximum Gasteiger partial charge on any atom is 0.222 e. The second kappa shape index (κ2) is 13.6. The summed E-state index contributed by atoms with van der Waals surface area (Å²) < 4.78 is 0. The number of amides is 1. The van der Waals surface area contributed by atoms with E-state index in [1.807, 2.05) is 4.90 Å². The molecular formula is C19H38IN5O. The van der Waals surface area contributed by atoms with Gasteiger partial charge in [-0.3, -0.25) is 9.79 Å². The molecule has 0 atom stereocenters. The number of hydrogen-bond acceptors (Lipinski definition) is 3. The van der Waals surface area contributed by atoms with E-state index in [4.69, 9.17) is 0 Å². The highest BCUT2D eigenvalue weighted by molar-refractivity contribution is 14.0. The van der Waals surface area contributed by atoms with Gasteiger partial charge in [0.2, 0.25) is 5.91 Å². The van der Waals surface area contributed by atoms with Crippen molar-refractivity contribution >= 4 is 35.8 Å². The van der Waals surface area contributed by atoms with Crippen molar-refractivity contribution in [1.29, 1.82) is 0 Å². The lowest BCUT2D eigenvalue weighted by molar-refractivity contribution is -0.127. The summed E-state index contributed by atoms with van der Waals surface area (Å²) in [6.45, 7) is 7.46. The van der Waals surface area contributed by atoms with Crippen molar-refractivity contribution in [2.45, 2.75) is 64.3 Å². The van der Waals surface area contributed by atoms with Crippen molar-refractivity contribution in [3.8, 4) is 0 Å². The van der Waals surface area contributed by atoms with E-state index in [1.165, 1.54) is 32.1 Å². The summed E-state index contributed by atoms with van der Waals surface area (Å²) in [6.07, 6.45) is 9.54. The van der Waals surface area contributed by atoms with Gasteiger partial charge in [0.1, 0.15) is 0 Å².